The van der Waals surface area contributed by atoms with Crippen LogP contribution in [0.25, 0.3) is 0 Å². The second-order valence-electron chi connectivity index (χ2n) is 4.34. The van der Waals surface area contributed by atoms with E-state index in [1.807, 2.05) is 13.0 Å². The van der Waals surface area contributed by atoms with Crippen LogP contribution in [0.2, 0.25) is 0 Å². The van der Waals surface area contributed by atoms with Crippen molar-refractivity contribution >= 4 is 5.78 Å². The quantitative estimate of drug-likeness (QED) is 0.654. The number of rotatable bonds is 2. The largest absolute Gasteiger partial charge is 0.298 e. The topological polar surface area (TPSA) is 40.9 Å². The third-order valence-corrected chi connectivity index (χ3v) is 3.14. The van der Waals surface area contributed by atoms with Crippen LogP contribution in [0.4, 0.5) is 0 Å². The van der Waals surface area contributed by atoms with Crippen molar-refractivity contribution in [3.63, 3.8) is 0 Å². The fraction of sp³-hybridized carbons (Fsp3) is 0.818. The van der Waals surface area contributed by atoms with Crippen LogP contribution in [-0.4, -0.2) is 5.78 Å². The molecule has 0 aromatic rings. The first kappa shape index (κ1) is 10.2. The van der Waals surface area contributed by atoms with Crippen LogP contribution in [-0.2, 0) is 4.79 Å². The lowest BCUT2D eigenvalue weighted by molar-refractivity contribution is -0.131. The molecule has 1 aliphatic rings. The van der Waals surface area contributed by atoms with Gasteiger partial charge in [-0.1, -0.05) is 26.2 Å². The normalized spacial score (nSPS) is 23.2. The molecular weight excluding hydrogens is 162 g/mol. The smallest absolute Gasteiger partial charge is 0.155 e. The molecule has 0 spiro atoms. The van der Waals surface area contributed by atoms with Crippen LogP contribution in [0.5, 0.6) is 0 Å². The average Bonchev–Trinajstić information content (AvgIpc) is 2.16. The van der Waals surface area contributed by atoms with E-state index in [1.54, 1.807) is 6.92 Å². The van der Waals surface area contributed by atoms with E-state index in [1.165, 1.54) is 6.42 Å². The zero-order valence-corrected chi connectivity index (χ0v) is 8.47. The molecule has 0 aromatic carbocycles. The molecule has 0 radical (unpaired) electrons. The zero-order valence-electron chi connectivity index (χ0n) is 8.47. The van der Waals surface area contributed by atoms with Gasteiger partial charge in [0, 0.05) is 5.41 Å². The Morgan fingerprint density at radius 2 is 1.92 bits per heavy atom. The number of hydrogen-bond acceptors (Lipinski definition) is 2. The summed E-state index contributed by atoms with van der Waals surface area (Å²) in [7, 11) is 0. The van der Waals surface area contributed by atoms with Crippen molar-refractivity contribution in [3.05, 3.63) is 0 Å². The summed E-state index contributed by atoms with van der Waals surface area (Å²) in [6.45, 7) is 3.73. The van der Waals surface area contributed by atoms with Gasteiger partial charge in [0.15, 0.2) is 5.78 Å². The molecule has 1 rings (SSSR count). The summed E-state index contributed by atoms with van der Waals surface area (Å²) >= 11 is 0. The molecule has 0 N–H and O–H groups in total. The summed E-state index contributed by atoms with van der Waals surface area (Å²) in [4.78, 5) is 11.8. The summed E-state index contributed by atoms with van der Waals surface area (Å²) in [6, 6.07) is 2.04. The molecule has 1 fully saturated rings. The van der Waals surface area contributed by atoms with Crippen molar-refractivity contribution in [2.24, 2.45) is 11.3 Å². The van der Waals surface area contributed by atoms with E-state index in [2.05, 4.69) is 0 Å². The fourth-order valence-corrected chi connectivity index (χ4v) is 2.16. The molecule has 2 heteroatoms. The van der Waals surface area contributed by atoms with Gasteiger partial charge in [-0.3, -0.25) is 4.79 Å². The van der Waals surface area contributed by atoms with E-state index in [0.717, 1.165) is 25.7 Å². The van der Waals surface area contributed by atoms with Gasteiger partial charge in [-0.15, -0.1) is 0 Å². The second kappa shape index (κ2) is 3.91. The molecule has 0 aliphatic heterocycles. The third kappa shape index (κ3) is 2.09. The SMILES string of the molecule is CC(C#N)C(=O)C1(C)CCCCC1. The molecule has 0 amide bonds. The first-order valence-corrected chi connectivity index (χ1v) is 5.04. The van der Waals surface area contributed by atoms with Gasteiger partial charge in [-0.2, -0.15) is 5.26 Å². The van der Waals surface area contributed by atoms with E-state index in [4.69, 9.17) is 5.26 Å². The Hall–Kier alpha value is -0.840. The summed E-state index contributed by atoms with van der Waals surface area (Å²) in [5.41, 5.74) is -0.201. The highest BCUT2D eigenvalue weighted by molar-refractivity contribution is 5.88. The maximum atomic E-state index is 11.8. The van der Waals surface area contributed by atoms with Gasteiger partial charge in [-0.25, -0.2) is 0 Å². The highest BCUT2D eigenvalue weighted by Crippen LogP contribution is 2.38. The Balaban J connectivity index is 2.68. The molecule has 0 aromatic heterocycles. The minimum atomic E-state index is -0.428. The summed E-state index contributed by atoms with van der Waals surface area (Å²) in [5.74, 6) is -0.280. The van der Waals surface area contributed by atoms with Crippen LogP contribution >= 0.6 is 0 Å². The molecule has 0 bridgehead atoms. The first-order chi connectivity index (χ1) is 6.10. The number of Topliss-reactive ketones (excluding diaryl/α,β-unsaturated/α-hetero) is 1. The summed E-state index contributed by atoms with van der Waals surface area (Å²) in [5, 5.41) is 8.68. The van der Waals surface area contributed by atoms with Crippen LogP contribution in [0.15, 0.2) is 0 Å². The zero-order chi connectivity index (χ0) is 9.90. The van der Waals surface area contributed by atoms with Crippen molar-refractivity contribution in [1.29, 1.82) is 5.26 Å². The van der Waals surface area contributed by atoms with E-state index >= 15 is 0 Å². The van der Waals surface area contributed by atoms with Gasteiger partial charge >= 0.3 is 0 Å². The highest BCUT2D eigenvalue weighted by Gasteiger charge is 2.36. The van der Waals surface area contributed by atoms with E-state index in [0.29, 0.717) is 0 Å². The number of carbonyl (C=O) groups excluding carboxylic acids is 1. The van der Waals surface area contributed by atoms with Crippen LogP contribution in [0.3, 0.4) is 0 Å². The van der Waals surface area contributed by atoms with Crippen LogP contribution in [0, 0.1) is 22.7 Å². The maximum Gasteiger partial charge on any atom is 0.155 e. The van der Waals surface area contributed by atoms with Crippen molar-refractivity contribution in [3.8, 4) is 6.07 Å². The number of hydrogen-bond donors (Lipinski definition) is 0. The van der Waals surface area contributed by atoms with Crippen LogP contribution in [0.1, 0.15) is 46.0 Å². The minimum absolute atomic E-state index is 0.148. The van der Waals surface area contributed by atoms with Gasteiger partial charge in [0.25, 0.3) is 0 Å². The van der Waals surface area contributed by atoms with Crippen molar-refractivity contribution in [2.45, 2.75) is 46.0 Å². The molecule has 1 atom stereocenters. The Kier molecular flexibility index (Phi) is 3.08. The third-order valence-electron chi connectivity index (χ3n) is 3.14. The lowest BCUT2D eigenvalue weighted by atomic mass is 9.70. The standard InChI is InChI=1S/C11H17NO/c1-9(8-12)10(13)11(2)6-4-3-5-7-11/h9H,3-7H2,1-2H3. The van der Waals surface area contributed by atoms with Gasteiger partial charge in [0.05, 0.1) is 6.07 Å². The molecule has 0 heterocycles. The first-order valence-electron chi connectivity index (χ1n) is 5.04. The molecular formula is C11H17NO. The van der Waals surface area contributed by atoms with E-state index < -0.39 is 5.92 Å². The number of carbonyl (C=O) groups is 1. The molecule has 0 saturated heterocycles. The van der Waals surface area contributed by atoms with Crippen molar-refractivity contribution < 1.29 is 4.79 Å². The molecule has 72 valence electrons. The predicted molar refractivity (Wildman–Crippen MR) is 51.0 cm³/mol. The minimum Gasteiger partial charge on any atom is -0.298 e. The van der Waals surface area contributed by atoms with Gasteiger partial charge < -0.3 is 0 Å². The van der Waals surface area contributed by atoms with Crippen LogP contribution < -0.4 is 0 Å². The Morgan fingerprint density at radius 3 is 2.38 bits per heavy atom. The van der Waals surface area contributed by atoms with Crippen molar-refractivity contribution in [1.82, 2.24) is 0 Å². The fourth-order valence-electron chi connectivity index (χ4n) is 2.16. The van der Waals surface area contributed by atoms with E-state index in [-0.39, 0.29) is 11.2 Å². The number of nitriles is 1. The monoisotopic (exact) mass is 179 g/mol. The average molecular weight is 179 g/mol. The molecule has 1 saturated carbocycles. The molecule has 13 heavy (non-hydrogen) atoms. The maximum absolute atomic E-state index is 11.8. The van der Waals surface area contributed by atoms with Gasteiger partial charge in [0.1, 0.15) is 5.92 Å². The molecule has 1 unspecified atom stereocenters. The number of ketones is 1. The predicted octanol–water partition coefficient (Wildman–Crippen LogP) is 2.69. The summed E-state index contributed by atoms with van der Waals surface area (Å²) < 4.78 is 0. The van der Waals surface area contributed by atoms with Gasteiger partial charge in [-0.05, 0) is 19.8 Å². The Labute approximate surface area is 79.9 Å². The lowest BCUT2D eigenvalue weighted by Gasteiger charge is -2.32. The summed E-state index contributed by atoms with van der Waals surface area (Å²) in [6.07, 6.45) is 5.46. The van der Waals surface area contributed by atoms with Crippen molar-refractivity contribution in [2.75, 3.05) is 0 Å². The molecule has 2 nitrogen and oxygen atoms in total. The Bertz CT molecular complexity index is 233. The highest BCUT2D eigenvalue weighted by atomic mass is 16.1. The number of nitrogens with zero attached hydrogens (tertiary/aromatic N) is 1. The Morgan fingerprint density at radius 1 is 1.38 bits per heavy atom. The van der Waals surface area contributed by atoms with E-state index in [9.17, 15) is 4.79 Å². The lowest BCUT2D eigenvalue weighted by Crippen LogP contribution is -2.33. The second-order valence-corrected chi connectivity index (χ2v) is 4.34. The molecule has 1 aliphatic carbocycles. The van der Waals surface area contributed by atoms with Gasteiger partial charge in [0.2, 0.25) is 0 Å².